The van der Waals surface area contributed by atoms with E-state index in [2.05, 4.69) is 47.0 Å². The topological polar surface area (TPSA) is 58.0 Å². The predicted octanol–water partition coefficient (Wildman–Crippen LogP) is 4.12. The largest absolute Gasteiger partial charge is 0.354 e. The third-order valence-corrected chi connectivity index (χ3v) is 7.57. The molecule has 2 fully saturated rings. The number of rotatable bonds is 7. The number of aromatic nitrogens is 4. The van der Waals surface area contributed by atoms with Crippen LogP contribution in [0.15, 0.2) is 10.5 Å². The van der Waals surface area contributed by atoms with Crippen LogP contribution in [0.2, 0.25) is 0 Å². The summed E-state index contributed by atoms with van der Waals surface area (Å²) >= 11 is 3.53. The van der Waals surface area contributed by atoms with E-state index in [4.69, 9.17) is 9.97 Å². The molecule has 2 aliphatic rings. The summed E-state index contributed by atoms with van der Waals surface area (Å²) in [5.41, 5.74) is 1.36. The van der Waals surface area contributed by atoms with Gasteiger partial charge in [0.2, 0.25) is 0 Å². The van der Waals surface area contributed by atoms with Crippen molar-refractivity contribution in [1.82, 2.24) is 25.1 Å². The lowest BCUT2D eigenvalue weighted by Crippen LogP contribution is -2.47. The first-order chi connectivity index (χ1) is 13.9. The highest BCUT2D eigenvalue weighted by molar-refractivity contribution is 8.01. The average Bonchev–Trinajstić information content (AvgIpc) is 3.46. The minimum Gasteiger partial charge on any atom is -0.354 e. The summed E-state index contributed by atoms with van der Waals surface area (Å²) in [5.74, 6) is 3.96. The molecule has 0 spiro atoms. The summed E-state index contributed by atoms with van der Waals surface area (Å²) in [4.78, 5) is 14.8. The molecule has 1 saturated carbocycles. The van der Waals surface area contributed by atoms with Crippen molar-refractivity contribution in [3.63, 3.8) is 0 Å². The Labute approximate surface area is 182 Å². The number of hydrogen-bond acceptors (Lipinski definition) is 8. The first kappa shape index (κ1) is 21.0. The standard InChI is InChI=1S/C21H32N6S2/c1-15-24-25-20(29-15)28-13-5-8-26-9-11-27(12-10-26)18-17(16-6-7-16)14-22-19(23-18)21(2,3)4/h14,16H,5-13H2,1-4H3. The second-order valence-electron chi connectivity index (χ2n) is 9.11. The van der Waals surface area contributed by atoms with Gasteiger partial charge in [-0.1, -0.05) is 43.9 Å². The highest BCUT2D eigenvalue weighted by Gasteiger charge is 2.31. The maximum Gasteiger partial charge on any atom is 0.174 e. The summed E-state index contributed by atoms with van der Waals surface area (Å²) in [6.45, 7) is 14.1. The molecule has 2 aromatic heterocycles. The summed E-state index contributed by atoms with van der Waals surface area (Å²) in [6, 6.07) is 0. The highest BCUT2D eigenvalue weighted by atomic mass is 32.2. The maximum atomic E-state index is 5.05. The van der Waals surface area contributed by atoms with Crippen molar-refractivity contribution in [3.05, 3.63) is 22.6 Å². The Balaban J connectivity index is 1.30. The molecule has 1 aliphatic carbocycles. The molecule has 0 bridgehead atoms. The molecule has 29 heavy (non-hydrogen) atoms. The molecule has 158 valence electrons. The quantitative estimate of drug-likeness (QED) is 0.482. The van der Waals surface area contributed by atoms with Gasteiger partial charge in [-0.25, -0.2) is 9.97 Å². The van der Waals surface area contributed by atoms with Crippen molar-refractivity contribution in [2.24, 2.45) is 0 Å². The van der Waals surface area contributed by atoms with Gasteiger partial charge in [0, 0.05) is 49.1 Å². The lowest BCUT2D eigenvalue weighted by molar-refractivity contribution is 0.258. The van der Waals surface area contributed by atoms with Gasteiger partial charge in [0.15, 0.2) is 4.34 Å². The molecule has 0 N–H and O–H groups in total. The summed E-state index contributed by atoms with van der Waals surface area (Å²) in [6.07, 6.45) is 5.88. The number of piperazine rings is 1. The Kier molecular flexibility index (Phi) is 6.41. The smallest absolute Gasteiger partial charge is 0.174 e. The molecule has 8 heteroatoms. The van der Waals surface area contributed by atoms with Gasteiger partial charge in [-0.2, -0.15) is 0 Å². The van der Waals surface area contributed by atoms with Gasteiger partial charge in [-0.3, -0.25) is 4.90 Å². The fourth-order valence-electron chi connectivity index (χ4n) is 3.65. The van der Waals surface area contributed by atoms with E-state index in [0.29, 0.717) is 5.92 Å². The van der Waals surface area contributed by atoms with E-state index in [1.807, 2.05) is 18.7 Å². The van der Waals surface area contributed by atoms with Gasteiger partial charge in [-0.15, -0.1) is 10.2 Å². The van der Waals surface area contributed by atoms with Crippen LogP contribution in [0.1, 0.15) is 62.3 Å². The fraction of sp³-hybridized carbons (Fsp3) is 0.714. The molecule has 4 rings (SSSR count). The lowest BCUT2D eigenvalue weighted by atomic mass is 9.95. The number of hydrogen-bond donors (Lipinski definition) is 0. The monoisotopic (exact) mass is 432 g/mol. The first-order valence-corrected chi connectivity index (χ1v) is 12.5. The van der Waals surface area contributed by atoms with E-state index >= 15 is 0 Å². The number of anilines is 1. The number of thioether (sulfide) groups is 1. The third kappa shape index (κ3) is 5.47. The zero-order chi connectivity index (χ0) is 20.4. The SMILES string of the molecule is Cc1nnc(SCCCN2CCN(c3nc(C(C)(C)C)ncc3C3CC3)CC2)s1. The van der Waals surface area contributed by atoms with E-state index in [9.17, 15) is 0 Å². The van der Waals surface area contributed by atoms with Gasteiger partial charge in [0.25, 0.3) is 0 Å². The molecule has 2 aromatic rings. The van der Waals surface area contributed by atoms with Gasteiger partial charge in [-0.05, 0) is 38.6 Å². The summed E-state index contributed by atoms with van der Waals surface area (Å²) in [5, 5.41) is 9.33. The Morgan fingerprint density at radius 1 is 1.14 bits per heavy atom. The Morgan fingerprint density at radius 2 is 1.90 bits per heavy atom. The molecular formula is C21H32N6S2. The summed E-state index contributed by atoms with van der Waals surface area (Å²) < 4.78 is 1.10. The molecule has 0 radical (unpaired) electrons. The maximum absolute atomic E-state index is 5.05. The van der Waals surface area contributed by atoms with Crippen molar-refractivity contribution >= 4 is 28.9 Å². The average molecular weight is 433 g/mol. The molecular weight excluding hydrogens is 400 g/mol. The number of aryl methyl sites for hydroxylation is 1. The molecule has 0 unspecified atom stereocenters. The predicted molar refractivity (Wildman–Crippen MR) is 121 cm³/mol. The highest BCUT2D eigenvalue weighted by Crippen LogP contribution is 2.44. The van der Waals surface area contributed by atoms with Crippen LogP contribution in [0.4, 0.5) is 5.82 Å². The van der Waals surface area contributed by atoms with Crippen LogP contribution in [-0.2, 0) is 5.41 Å². The van der Waals surface area contributed by atoms with Crippen molar-refractivity contribution in [1.29, 1.82) is 0 Å². The van der Waals surface area contributed by atoms with Gasteiger partial charge >= 0.3 is 0 Å². The second-order valence-corrected chi connectivity index (χ2v) is 11.6. The van der Waals surface area contributed by atoms with Crippen molar-refractivity contribution in [2.45, 2.75) is 62.6 Å². The van der Waals surface area contributed by atoms with Crippen LogP contribution >= 0.6 is 23.1 Å². The molecule has 0 atom stereocenters. The van der Waals surface area contributed by atoms with Crippen molar-refractivity contribution < 1.29 is 0 Å². The minimum absolute atomic E-state index is 0.0121. The third-order valence-electron chi connectivity index (χ3n) is 5.51. The van der Waals surface area contributed by atoms with Crippen LogP contribution in [0.25, 0.3) is 0 Å². The first-order valence-electron chi connectivity index (χ1n) is 10.7. The van der Waals surface area contributed by atoms with Crippen LogP contribution in [0, 0.1) is 6.92 Å². The lowest BCUT2D eigenvalue weighted by Gasteiger charge is -2.36. The molecule has 0 aromatic carbocycles. The fourth-order valence-corrected chi connectivity index (χ4v) is 5.46. The van der Waals surface area contributed by atoms with Gasteiger partial charge < -0.3 is 4.90 Å². The van der Waals surface area contributed by atoms with E-state index in [1.54, 1.807) is 11.3 Å². The molecule has 6 nitrogen and oxygen atoms in total. The van der Waals surface area contributed by atoms with E-state index < -0.39 is 0 Å². The molecule has 1 saturated heterocycles. The van der Waals surface area contributed by atoms with Crippen molar-refractivity contribution in [3.8, 4) is 0 Å². The van der Waals surface area contributed by atoms with Crippen LogP contribution in [0.5, 0.6) is 0 Å². The van der Waals surface area contributed by atoms with Crippen LogP contribution in [0.3, 0.4) is 0 Å². The Morgan fingerprint density at radius 3 is 2.52 bits per heavy atom. The van der Waals surface area contributed by atoms with Crippen LogP contribution in [-0.4, -0.2) is 63.5 Å². The molecule has 0 amide bonds. The van der Waals surface area contributed by atoms with Crippen molar-refractivity contribution in [2.75, 3.05) is 43.4 Å². The zero-order valence-corrected chi connectivity index (χ0v) is 19.7. The second kappa shape index (κ2) is 8.86. The normalized spacial score (nSPS) is 18.4. The summed E-state index contributed by atoms with van der Waals surface area (Å²) in [7, 11) is 0. The van der Waals surface area contributed by atoms with E-state index in [1.165, 1.54) is 30.6 Å². The van der Waals surface area contributed by atoms with Gasteiger partial charge in [0.1, 0.15) is 16.6 Å². The zero-order valence-electron chi connectivity index (χ0n) is 18.0. The Hall–Kier alpha value is -1.25. The Bertz CT molecular complexity index is 819. The van der Waals surface area contributed by atoms with Crippen LogP contribution < -0.4 is 4.90 Å². The number of nitrogens with zero attached hydrogens (tertiary/aromatic N) is 6. The minimum atomic E-state index is -0.0121. The molecule has 1 aliphatic heterocycles. The molecule has 3 heterocycles. The van der Waals surface area contributed by atoms with E-state index in [-0.39, 0.29) is 5.41 Å². The van der Waals surface area contributed by atoms with Gasteiger partial charge in [0.05, 0.1) is 0 Å². The van der Waals surface area contributed by atoms with E-state index in [0.717, 1.165) is 53.6 Å².